The van der Waals surface area contributed by atoms with Crippen LogP contribution in [0.25, 0.3) is 0 Å². The highest BCUT2D eigenvalue weighted by Crippen LogP contribution is 2.24. The number of aromatic nitrogens is 1. The maximum Gasteiger partial charge on any atom is 0.142 e. The first-order chi connectivity index (χ1) is 6.88. The Morgan fingerprint density at radius 1 is 1.36 bits per heavy atom. The second-order valence-electron chi connectivity index (χ2n) is 3.26. The van der Waals surface area contributed by atoms with Gasteiger partial charge in [0, 0.05) is 25.0 Å². The van der Waals surface area contributed by atoms with Gasteiger partial charge in [0.15, 0.2) is 0 Å². The van der Waals surface area contributed by atoms with Crippen molar-refractivity contribution in [3.05, 3.63) is 22.8 Å². The van der Waals surface area contributed by atoms with E-state index in [1.54, 1.807) is 0 Å². The molecule has 0 bridgehead atoms. The van der Waals surface area contributed by atoms with Crippen LogP contribution in [0.4, 0.5) is 5.82 Å². The van der Waals surface area contributed by atoms with Crippen LogP contribution in [0.2, 0.25) is 0 Å². The Morgan fingerprint density at radius 2 is 2.29 bits per heavy atom. The first kappa shape index (κ1) is 10.3. The van der Waals surface area contributed by atoms with Crippen molar-refractivity contribution in [3.8, 4) is 0 Å². The summed E-state index contributed by atoms with van der Waals surface area (Å²) in [7, 11) is 0. The zero-order valence-electron chi connectivity index (χ0n) is 7.95. The molecule has 0 amide bonds. The van der Waals surface area contributed by atoms with E-state index in [2.05, 4.69) is 31.9 Å². The second kappa shape index (κ2) is 5.03. The highest BCUT2D eigenvalue weighted by atomic mass is 79.9. The average Bonchev–Trinajstić information content (AvgIpc) is 2.47. The maximum atomic E-state index is 4.41. The van der Waals surface area contributed by atoms with Crippen molar-refractivity contribution in [1.82, 2.24) is 4.98 Å². The van der Waals surface area contributed by atoms with Crippen molar-refractivity contribution in [1.29, 1.82) is 0 Å². The molecule has 1 aliphatic heterocycles. The lowest BCUT2D eigenvalue weighted by molar-refractivity contribution is 0.799. The van der Waals surface area contributed by atoms with Crippen LogP contribution >= 0.6 is 27.7 Å². The predicted molar refractivity (Wildman–Crippen MR) is 66.1 cm³/mol. The van der Waals surface area contributed by atoms with E-state index in [1.165, 1.54) is 17.9 Å². The van der Waals surface area contributed by atoms with Crippen LogP contribution in [0.15, 0.2) is 22.8 Å². The molecule has 0 N–H and O–H groups in total. The summed E-state index contributed by atoms with van der Waals surface area (Å²) in [6.07, 6.45) is 3.12. The van der Waals surface area contributed by atoms with Crippen LogP contribution in [0.3, 0.4) is 0 Å². The molecule has 0 spiro atoms. The van der Waals surface area contributed by atoms with E-state index >= 15 is 0 Å². The van der Waals surface area contributed by atoms with Gasteiger partial charge in [0.1, 0.15) is 5.82 Å². The Hall–Kier alpha value is -0.220. The molecule has 0 aliphatic carbocycles. The minimum atomic E-state index is 1.09. The number of pyridine rings is 1. The van der Waals surface area contributed by atoms with Crippen LogP contribution in [0.5, 0.6) is 0 Å². The van der Waals surface area contributed by atoms with Gasteiger partial charge in [-0.25, -0.2) is 4.98 Å². The molecule has 2 rings (SSSR count). The van der Waals surface area contributed by atoms with Crippen LogP contribution in [0, 0.1) is 0 Å². The number of nitrogens with zero attached hydrogens (tertiary/aromatic N) is 2. The van der Waals surface area contributed by atoms with Crippen molar-refractivity contribution >= 4 is 33.5 Å². The summed E-state index contributed by atoms with van der Waals surface area (Å²) in [5.74, 6) is 3.58. The van der Waals surface area contributed by atoms with Crippen LogP contribution in [0.1, 0.15) is 6.42 Å². The fourth-order valence-electron chi connectivity index (χ4n) is 1.57. The normalized spacial score (nSPS) is 17.9. The smallest absolute Gasteiger partial charge is 0.142 e. The molecule has 1 aromatic heterocycles. The Morgan fingerprint density at radius 3 is 3.14 bits per heavy atom. The number of anilines is 1. The van der Waals surface area contributed by atoms with Gasteiger partial charge in [-0.1, -0.05) is 0 Å². The van der Waals surface area contributed by atoms with E-state index in [9.17, 15) is 0 Å². The summed E-state index contributed by atoms with van der Waals surface area (Å²) in [5, 5.41) is 0. The lowest BCUT2D eigenvalue weighted by atomic mass is 10.3. The third kappa shape index (κ3) is 2.42. The predicted octanol–water partition coefficient (Wildman–Crippen LogP) is 2.79. The summed E-state index contributed by atoms with van der Waals surface area (Å²) < 4.78 is 1.10. The molecule has 0 unspecified atom stereocenters. The number of hydrogen-bond donors (Lipinski definition) is 0. The topological polar surface area (TPSA) is 16.1 Å². The molecule has 0 radical (unpaired) electrons. The number of halogens is 1. The summed E-state index contributed by atoms with van der Waals surface area (Å²) in [5.41, 5.74) is 0. The fraction of sp³-hybridized carbons (Fsp3) is 0.500. The molecule has 0 atom stereocenters. The highest BCUT2D eigenvalue weighted by Gasteiger charge is 2.12. The van der Waals surface area contributed by atoms with Gasteiger partial charge in [-0.15, -0.1) is 0 Å². The Labute approximate surface area is 97.2 Å². The van der Waals surface area contributed by atoms with Gasteiger partial charge < -0.3 is 4.90 Å². The summed E-state index contributed by atoms with van der Waals surface area (Å²) >= 11 is 5.58. The van der Waals surface area contributed by atoms with Gasteiger partial charge >= 0.3 is 0 Å². The van der Waals surface area contributed by atoms with Crippen molar-refractivity contribution in [2.45, 2.75) is 6.42 Å². The maximum absolute atomic E-state index is 4.41. The van der Waals surface area contributed by atoms with E-state index in [-0.39, 0.29) is 0 Å². The summed E-state index contributed by atoms with van der Waals surface area (Å²) in [6, 6.07) is 4.01. The largest absolute Gasteiger partial charge is 0.355 e. The number of rotatable bonds is 1. The molecule has 76 valence electrons. The lowest BCUT2D eigenvalue weighted by Crippen LogP contribution is -2.26. The fourth-order valence-corrected chi connectivity index (χ4v) is 2.96. The first-order valence-corrected chi connectivity index (χ1v) is 6.76. The molecule has 1 fully saturated rings. The van der Waals surface area contributed by atoms with Crippen LogP contribution in [-0.2, 0) is 0 Å². The minimum absolute atomic E-state index is 1.09. The van der Waals surface area contributed by atoms with Gasteiger partial charge in [0.2, 0.25) is 0 Å². The van der Waals surface area contributed by atoms with Crippen molar-refractivity contribution in [2.24, 2.45) is 0 Å². The molecule has 1 saturated heterocycles. The molecule has 0 saturated carbocycles. The van der Waals surface area contributed by atoms with Crippen molar-refractivity contribution in [3.63, 3.8) is 0 Å². The van der Waals surface area contributed by atoms with Gasteiger partial charge in [-0.05, 0) is 40.2 Å². The Kier molecular flexibility index (Phi) is 3.70. The Balaban J connectivity index is 2.16. The molecule has 1 aromatic rings. The SMILES string of the molecule is Brc1cccnc1N1CCCSCC1. The second-order valence-corrected chi connectivity index (χ2v) is 5.34. The highest BCUT2D eigenvalue weighted by molar-refractivity contribution is 9.10. The Bertz CT molecular complexity index is 298. The van der Waals surface area contributed by atoms with Gasteiger partial charge in [0.25, 0.3) is 0 Å². The minimum Gasteiger partial charge on any atom is -0.355 e. The molecule has 2 nitrogen and oxygen atoms in total. The van der Waals surface area contributed by atoms with Gasteiger partial charge in [-0.3, -0.25) is 0 Å². The van der Waals surface area contributed by atoms with Crippen LogP contribution < -0.4 is 4.90 Å². The molecule has 1 aliphatic rings. The van der Waals surface area contributed by atoms with Gasteiger partial charge in [-0.2, -0.15) is 11.8 Å². The lowest BCUT2D eigenvalue weighted by Gasteiger charge is -2.21. The van der Waals surface area contributed by atoms with Crippen molar-refractivity contribution in [2.75, 3.05) is 29.5 Å². The molecule has 2 heterocycles. The molecular formula is C10H13BrN2S. The summed E-state index contributed by atoms with van der Waals surface area (Å²) in [4.78, 5) is 6.78. The third-order valence-electron chi connectivity index (χ3n) is 2.26. The van der Waals surface area contributed by atoms with E-state index in [4.69, 9.17) is 0 Å². The molecule has 4 heteroatoms. The monoisotopic (exact) mass is 272 g/mol. The quantitative estimate of drug-likeness (QED) is 0.782. The molecule has 14 heavy (non-hydrogen) atoms. The van der Waals surface area contributed by atoms with Gasteiger partial charge in [0.05, 0.1) is 4.47 Å². The van der Waals surface area contributed by atoms with E-state index < -0.39 is 0 Å². The zero-order valence-corrected chi connectivity index (χ0v) is 10.4. The average molecular weight is 273 g/mol. The molecular weight excluding hydrogens is 260 g/mol. The van der Waals surface area contributed by atoms with E-state index in [1.807, 2.05) is 24.0 Å². The molecule has 0 aromatic carbocycles. The standard InChI is InChI=1S/C10H13BrN2S/c11-9-3-1-4-12-10(9)13-5-2-7-14-8-6-13/h1,3-4H,2,5-8H2. The number of hydrogen-bond acceptors (Lipinski definition) is 3. The van der Waals surface area contributed by atoms with Crippen molar-refractivity contribution < 1.29 is 0 Å². The van der Waals surface area contributed by atoms with E-state index in [0.717, 1.165) is 23.4 Å². The first-order valence-electron chi connectivity index (χ1n) is 4.81. The number of thioether (sulfide) groups is 1. The zero-order chi connectivity index (χ0) is 9.80. The van der Waals surface area contributed by atoms with E-state index in [0.29, 0.717) is 0 Å². The van der Waals surface area contributed by atoms with Crippen LogP contribution in [-0.4, -0.2) is 29.6 Å². The third-order valence-corrected chi connectivity index (χ3v) is 3.93. The summed E-state index contributed by atoms with van der Waals surface area (Å²) in [6.45, 7) is 2.24.